The lowest BCUT2D eigenvalue weighted by atomic mass is 10.2. The highest BCUT2D eigenvalue weighted by molar-refractivity contribution is 9.10. The first-order valence-corrected chi connectivity index (χ1v) is 9.99. The van der Waals surface area contributed by atoms with Crippen LogP contribution in [0.3, 0.4) is 0 Å². The smallest absolute Gasteiger partial charge is 0.421 e. The highest BCUT2D eigenvalue weighted by Gasteiger charge is 2.35. The molecule has 152 valence electrons. The van der Waals surface area contributed by atoms with E-state index in [2.05, 4.69) is 47.0 Å². The topological polar surface area (TPSA) is 61.0 Å². The maximum absolute atomic E-state index is 13.2. The molecule has 0 amide bonds. The van der Waals surface area contributed by atoms with Crippen molar-refractivity contribution in [2.24, 2.45) is 0 Å². The first-order chi connectivity index (χ1) is 14.3. The second kappa shape index (κ2) is 8.19. The molecule has 0 spiro atoms. The van der Waals surface area contributed by atoms with Gasteiger partial charge < -0.3 is 9.26 Å². The van der Waals surface area contributed by atoms with E-state index in [9.17, 15) is 13.2 Å². The fourth-order valence-electron chi connectivity index (χ4n) is 2.57. The van der Waals surface area contributed by atoms with E-state index >= 15 is 0 Å². The zero-order valence-corrected chi connectivity index (χ0v) is 18.0. The molecule has 4 rings (SSSR count). The molecule has 0 saturated heterocycles. The Bertz CT molecular complexity index is 1190. The molecule has 0 fully saturated rings. The summed E-state index contributed by atoms with van der Waals surface area (Å²) < 4.78 is 51.4. The van der Waals surface area contributed by atoms with Crippen LogP contribution in [0.2, 0.25) is 0 Å². The molecule has 30 heavy (non-hydrogen) atoms. The fourth-order valence-corrected chi connectivity index (χ4v) is 3.30. The lowest BCUT2D eigenvalue weighted by Crippen LogP contribution is -2.08. The van der Waals surface area contributed by atoms with Crippen molar-refractivity contribution in [2.75, 3.05) is 0 Å². The van der Waals surface area contributed by atoms with Crippen molar-refractivity contribution in [1.29, 1.82) is 0 Å². The summed E-state index contributed by atoms with van der Waals surface area (Å²) in [5, 5.41) is 3.95. The lowest BCUT2D eigenvalue weighted by Gasteiger charge is -2.13. The molecule has 0 bridgehead atoms. The third kappa shape index (κ3) is 4.54. The number of pyridine rings is 1. The molecule has 0 aliphatic carbocycles. The Labute approximate surface area is 185 Å². The molecular formula is C20H10Br2F3N3O2. The van der Waals surface area contributed by atoms with Crippen LogP contribution in [-0.2, 0) is 6.18 Å². The van der Waals surface area contributed by atoms with Crippen LogP contribution in [-0.4, -0.2) is 15.1 Å². The zero-order valence-electron chi connectivity index (χ0n) is 14.8. The van der Waals surface area contributed by atoms with Gasteiger partial charge in [0.15, 0.2) is 0 Å². The van der Waals surface area contributed by atoms with Crippen LogP contribution in [0.5, 0.6) is 11.6 Å². The minimum atomic E-state index is -4.60. The van der Waals surface area contributed by atoms with Crippen LogP contribution in [0.4, 0.5) is 13.2 Å². The van der Waals surface area contributed by atoms with Gasteiger partial charge in [-0.25, -0.2) is 4.98 Å². The van der Waals surface area contributed by atoms with Crippen molar-refractivity contribution in [3.05, 3.63) is 75.3 Å². The van der Waals surface area contributed by atoms with E-state index < -0.39 is 17.6 Å². The highest BCUT2D eigenvalue weighted by atomic mass is 79.9. The number of hydrogen-bond donors (Lipinski definition) is 0. The third-order valence-electron chi connectivity index (χ3n) is 3.95. The molecule has 0 atom stereocenters. The number of nitrogens with zero attached hydrogens (tertiary/aromatic N) is 3. The number of aromatic nitrogens is 3. The molecule has 2 heterocycles. The van der Waals surface area contributed by atoms with E-state index in [1.165, 1.54) is 18.3 Å². The number of alkyl halides is 3. The monoisotopic (exact) mass is 539 g/mol. The number of benzene rings is 2. The maximum Gasteiger partial charge on any atom is 0.421 e. The number of rotatable bonds is 4. The molecule has 0 radical (unpaired) electrons. The van der Waals surface area contributed by atoms with E-state index in [4.69, 9.17) is 9.26 Å². The summed E-state index contributed by atoms with van der Waals surface area (Å²) in [4.78, 5) is 8.09. The van der Waals surface area contributed by atoms with Gasteiger partial charge in [-0.15, -0.1) is 0 Å². The summed E-state index contributed by atoms with van der Waals surface area (Å²) in [5.74, 6) is 0.347. The van der Waals surface area contributed by atoms with Gasteiger partial charge in [-0.1, -0.05) is 27.2 Å². The third-order valence-corrected chi connectivity index (χ3v) is 4.87. The first-order valence-electron chi connectivity index (χ1n) is 8.40. The molecule has 10 heteroatoms. The summed E-state index contributed by atoms with van der Waals surface area (Å²) in [6, 6.07) is 14.6. The van der Waals surface area contributed by atoms with Gasteiger partial charge in [0.2, 0.25) is 11.7 Å². The molecule has 0 saturated carbocycles. The van der Waals surface area contributed by atoms with E-state index in [0.717, 1.165) is 16.1 Å². The van der Waals surface area contributed by atoms with Crippen molar-refractivity contribution in [2.45, 2.75) is 6.18 Å². The van der Waals surface area contributed by atoms with E-state index in [0.29, 0.717) is 17.3 Å². The average Bonchev–Trinajstić information content (AvgIpc) is 3.19. The van der Waals surface area contributed by atoms with Crippen molar-refractivity contribution < 1.29 is 22.4 Å². The van der Waals surface area contributed by atoms with Crippen molar-refractivity contribution in [3.63, 3.8) is 0 Å². The number of hydrogen-bond acceptors (Lipinski definition) is 5. The Hall–Kier alpha value is -2.72. The molecular weight excluding hydrogens is 531 g/mol. The Morgan fingerprint density at radius 2 is 1.67 bits per heavy atom. The molecule has 0 aliphatic heterocycles. The SMILES string of the molecule is FC(F)(F)c1cc(Br)cnc1Oc1ccc(-c2noc(-c3cccc(Br)c3)n2)cc1. The molecule has 0 N–H and O–H groups in total. The standard InChI is InChI=1S/C20H10Br2F3N3O2/c21-13-3-1-2-12(8-13)18-27-17(28-30-18)11-4-6-15(7-5-11)29-19-16(20(23,24)25)9-14(22)10-26-19/h1-10H. The van der Waals surface area contributed by atoms with E-state index in [1.807, 2.05) is 24.3 Å². The van der Waals surface area contributed by atoms with Crippen LogP contribution < -0.4 is 4.74 Å². The molecule has 5 nitrogen and oxygen atoms in total. The van der Waals surface area contributed by atoms with Gasteiger partial charge in [0.05, 0.1) is 0 Å². The Morgan fingerprint density at radius 1 is 0.900 bits per heavy atom. The van der Waals surface area contributed by atoms with Gasteiger partial charge in [0.1, 0.15) is 11.3 Å². The fraction of sp³-hybridized carbons (Fsp3) is 0.0500. The Kier molecular flexibility index (Phi) is 5.61. The second-order valence-corrected chi connectivity index (χ2v) is 7.90. The van der Waals surface area contributed by atoms with Crippen LogP contribution >= 0.6 is 31.9 Å². The quantitative estimate of drug-likeness (QED) is 0.275. The predicted molar refractivity (Wildman–Crippen MR) is 110 cm³/mol. The van der Waals surface area contributed by atoms with Crippen LogP contribution in [0.1, 0.15) is 5.56 Å². The van der Waals surface area contributed by atoms with Crippen molar-refractivity contribution in [3.8, 4) is 34.5 Å². The van der Waals surface area contributed by atoms with Gasteiger partial charge in [-0.2, -0.15) is 18.2 Å². The van der Waals surface area contributed by atoms with Gasteiger partial charge in [0.25, 0.3) is 5.89 Å². The molecule has 0 unspecified atom stereocenters. The first kappa shape index (κ1) is 20.5. The second-order valence-electron chi connectivity index (χ2n) is 6.06. The van der Waals surface area contributed by atoms with Crippen LogP contribution in [0.15, 0.2) is 74.3 Å². The molecule has 0 aliphatic rings. The lowest BCUT2D eigenvalue weighted by molar-refractivity contribution is -0.138. The van der Waals surface area contributed by atoms with Crippen LogP contribution in [0.25, 0.3) is 22.8 Å². The molecule has 2 aromatic heterocycles. The predicted octanol–water partition coefficient (Wildman–Crippen LogP) is 7.13. The summed E-state index contributed by atoms with van der Waals surface area (Å²) in [6.07, 6.45) is -3.36. The van der Waals surface area contributed by atoms with Gasteiger partial charge >= 0.3 is 6.18 Å². The van der Waals surface area contributed by atoms with Crippen molar-refractivity contribution in [1.82, 2.24) is 15.1 Å². The molecule has 4 aromatic rings. The van der Waals surface area contributed by atoms with Gasteiger partial charge in [0, 0.05) is 26.3 Å². The minimum Gasteiger partial charge on any atom is -0.438 e. The Balaban J connectivity index is 1.56. The highest BCUT2D eigenvalue weighted by Crippen LogP contribution is 2.38. The average molecular weight is 541 g/mol. The zero-order chi connectivity index (χ0) is 21.3. The summed E-state index contributed by atoms with van der Waals surface area (Å²) in [5.41, 5.74) is 0.397. The largest absolute Gasteiger partial charge is 0.438 e. The number of ether oxygens (including phenoxy) is 1. The number of halogens is 5. The minimum absolute atomic E-state index is 0.190. The summed E-state index contributed by atoms with van der Waals surface area (Å²) in [6.45, 7) is 0. The Morgan fingerprint density at radius 3 is 2.37 bits per heavy atom. The van der Waals surface area contributed by atoms with Gasteiger partial charge in [-0.3, -0.25) is 0 Å². The van der Waals surface area contributed by atoms with Crippen molar-refractivity contribution >= 4 is 31.9 Å². The van der Waals surface area contributed by atoms with Gasteiger partial charge in [-0.05, 0) is 64.5 Å². The van der Waals surface area contributed by atoms with Crippen LogP contribution in [0, 0.1) is 0 Å². The summed E-state index contributed by atoms with van der Waals surface area (Å²) >= 11 is 6.37. The van der Waals surface area contributed by atoms with E-state index in [-0.39, 0.29) is 10.2 Å². The summed E-state index contributed by atoms with van der Waals surface area (Å²) in [7, 11) is 0. The maximum atomic E-state index is 13.2. The molecule has 2 aromatic carbocycles. The van der Waals surface area contributed by atoms with E-state index in [1.54, 1.807) is 12.1 Å². The normalized spacial score (nSPS) is 11.5.